The van der Waals surface area contributed by atoms with Crippen molar-refractivity contribution >= 4 is 6.47 Å². The predicted molar refractivity (Wildman–Crippen MR) is 77.5 cm³/mol. The van der Waals surface area contributed by atoms with Gasteiger partial charge in [0.05, 0.1) is 0 Å². The van der Waals surface area contributed by atoms with Crippen molar-refractivity contribution in [3.8, 4) is 0 Å². The number of ether oxygens (including phenoxy) is 1. The first kappa shape index (κ1) is 17.5. The molecular weight excluding hydrogens is 224 g/mol. The van der Waals surface area contributed by atoms with Gasteiger partial charge in [0.2, 0.25) is 0 Å². The molecular formula is C16H32O2. The quantitative estimate of drug-likeness (QED) is 0.364. The molecule has 0 spiro atoms. The molecule has 18 heavy (non-hydrogen) atoms. The van der Waals surface area contributed by atoms with Crippen LogP contribution in [0.5, 0.6) is 0 Å². The van der Waals surface area contributed by atoms with Crippen LogP contribution in [0.1, 0.15) is 79.1 Å². The van der Waals surface area contributed by atoms with Gasteiger partial charge < -0.3 is 4.74 Å². The maximum absolute atomic E-state index is 10.5. The summed E-state index contributed by atoms with van der Waals surface area (Å²) in [6.45, 7) is 9.50. The lowest BCUT2D eigenvalue weighted by atomic mass is 9.96. The van der Waals surface area contributed by atoms with Crippen LogP contribution in [-0.2, 0) is 9.53 Å². The first-order valence-corrected chi connectivity index (χ1v) is 7.70. The molecule has 0 heterocycles. The molecule has 0 aliphatic heterocycles. The Morgan fingerprint density at radius 1 is 0.944 bits per heavy atom. The first-order valence-electron chi connectivity index (χ1n) is 7.70. The normalized spacial score (nSPS) is 14.5. The molecule has 2 nitrogen and oxygen atoms in total. The molecule has 2 atom stereocenters. The molecule has 0 amide bonds. The van der Waals surface area contributed by atoms with Gasteiger partial charge >= 0.3 is 0 Å². The Morgan fingerprint density at radius 3 is 2.00 bits per heavy atom. The lowest BCUT2D eigenvalue weighted by molar-refractivity contribution is -0.136. The summed E-state index contributed by atoms with van der Waals surface area (Å²) in [5.74, 6) is 1.32. The maximum atomic E-state index is 10.5. The Bertz CT molecular complexity index is 190. The number of carbonyl (C=O) groups is 1. The van der Waals surface area contributed by atoms with E-state index in [1.165, 1.54) is 38.5 Å². The Kier molecular flexibility index (Phi) is 11.2. The van der Waals surface area contributed by atoms with Crippen LogP contribution < -0.4 is 0 Å². The van der Waals surface area contributed by atoms with Crippen molar-refractivity contribution < 1.29 is 9.53 Å². The molecule has 0 fully saturated rings. The summed E-state index contributed by atoms with van der Waals surface area (Å²) in [4.78, 5) is 10.5. The molecule has 0 saturated carbocycles. The fourth-order valence-corrected chi connectivity index (χ4v) is 2.25. The highest BCUT2D eigenvalue weighted by Gasteiger charge is 2.15. The molecule has 0 radical (unpaired) electrons. The van der Waals surface area contributed by atoms with E-state index in [-0.39, 0.29) is 6.10 Å². The van der Waals surface area contributed by atoms with Crippen molar-refractivity contribution in [3.63, 3.8) is 0 Å². The maximum Gasteiger partial charge on any atom is 0.293 e. The highest BCUT2D eigenvalue weighted by Crippen LogP contribution is 2.18. The Labute approximate surface area is 113 Å². The van der Waals surface area contributed by atoms with Gasteiger partial charge in [-0.3, -0.25) is 4.79 Å². The minimum absolute atomic E-state index is 0.128. The molecule has 0 aliphatic rings. The van der Waals surface area contributed by atoms with Gasteiger partial charge in [-0.15, -0.1) is 0 Å². The third kappa shape index (κ3) is 9.49. The molecule has 108 valence electrons. The summed E-state index contributed by atoms with van der Waals surface area (Å²) in [5.41, 5.74) is 0. The van der Waals surface area contributed by atoms with Crippen molar-refractivity contribution in [1.29, 1.82) is 0 Å². The van der Waals surface area contributed by atoms with Crippen molar-refractivity contribution in [2.75, 3.05) is 0 Å². The summed E-state index contributed by atoms with van der Waals surface area (Å²) in [5, 5.41) is 0. The lowest BCUT2D eigenvalue weighted by Gasteiger charge is -2.20. The largest absolute Gasteiger partial charge is 0.464 e. The number of rotatable bonds is 12. The van der Waals surface area contributed by atoms with Gasteiger partial charge in [-0.2, -0.15) is 0 Å². The Balaban J connectivity index is 3.52. The number of hydrogen-bond donors (Lipinski definition) is 0. The van der Waals surface area contributed by atoms with E-state index in [1.807, 2.05) is 0 Å². The minimum atomic E-state index is 0.128. The van der Waals surface area contributed by atoms with Gasteiger partial charge in [-0.05, 0) is 24.7 Å². The topological polar surface area (TPSA) is 26.3 Å². The highest BCUT2D eigenvalue weighted by atomic mass is 16.5. The van der Waals surface area contributed by atoms with Crippen LogP contribution in [0.4, 0.5) is 0 Å². The lowest BCUT2D eigenvalue weighted by Crippen LogP contribution is -2.20. The van der Waals surface area contributed by atoms with Crippen LogP contribution in [0.15, 0.2) is 0 Å². The van der Waals surface area contributed by atoms with Crippen molar-refractivity contribution in [1.82, 2.24) is 0 Å². The van der Waals surface area contributed by atoms with Gasteiger partial charge in [0.15, 0.2) is 0 Å². The zero-order chi connectivity index (χ0) is 13.8. The summed E-state index contributed by atoms with van der Waals surface area (Å²) < 4.78 is 5.17. The zero-order valence-electron chi connectivity index (χ0n) is 12.8. The van der Waals surface area contributed by atoms with E-state index < -0.39 is 0 Å². The molecule has 0 bridgehead atoms. The number of carbonyl (C=O) groups excluding carboxylic acids is 1. The Morgan fingerprint density at radius 2 is 1.50 bits per heavy atom. The molecule has 0 N–H and O–H groups in total. The monoisotopic (exact) mass is 256 g/mol. The van der Waals surface area contributed by atoms with Crippen LogP contribution in [0.3, 0.4) is 0 Å². The van der Waals surface area contributed by atoms with Gasteiger partial charge in [0.1, 0.15) is 6.10 Å². The third-order valence-electron chi connectivity index (χ3n) is 3.78. The van der Waals surface area contributed by atoms with E-state index in [1.54, 1.807) is 0 Å². The number of hydrogen-bond acceptors (Lipinski definition) is 2. The smallest absolute Gasteiger partial charge is 0.293 e. The van der Waals surface area contributed by atoms with E-state index in [4.69, 9.17) is 4.74 Å². The standard InChI is InChI=1S/C16H32O2/c1-5-15(4)16(18-13-17)12-10-8-6-7-9-11-14(2)3/h13-16H,5-12H2,1-4H3. The average molecular weight is 256 g/mol. The molecule has 2 heteroatoms. The summed E-state index contributed by atoms with van der Waals surface area (Å²) in [6, 6.07) is 0. The van der Waals surface area contributed by atoms with Crippen LogP contribution >= 0.6 is 0 Å². The van der Waals surface area contributed by atoms with Gasteiger partial charge in [0.25, 0.3) is 6.47 Å². The average Bonchev–Trinajstić information content (AvgIpc) is 2.35. The van der Waals surface area contributed by atoms with Gasteiger partial charge in [-0.25, -0.2) is 0 Å². The van der Waals surface area contributed by atoms with Crippen molar-refractivity contribution in [2.24, 2.45) is 11.8 Å². The van der Waals surface area contributed by atoms with Crippen LogP contribution in [0.2, 0.25) is 0 Å². The molecule has 0 aromatic carbocycles. The van der Waals surface area contributed by atoms with E-state index in [9.17, 15) is 4.79 Å². The van der Waals surface area contributed by atoms with E-state index in [0.717, 1.165) is 18.8 Å². The van der Waals surface area contributed by atoms with Crippen LogP contribution in [0, 0.1) is 11.8 Å². The SMILES string of the molecule is CCC(C)C(CCCCCCCC(C)C)OC=O. The Hall–Kier alpha value is -0.530. The van der Waals surface area contributed by atoms with E-state index >= 15 is 0 Å². The van der Waals surface area contributed by atoms with Crippen molar-refractivity contribution in [3.05, 3.63) is 0 Å². The molecule has 0 aliphatic carbocycles. The predicted octanol–water partition coefficient (Wildman–Crippen LogP) is 4.96. The molecule has 0 rings (SSSR count). The fraction of sp³-hybridized carbons (Fsp3) is 0.938. The minimum Gasteiger partial charge on any atom is -0.464 e. The molecule has 0 saturated heterocycles. The zero-order valence-corrected chi connectivity index (χ0v) is 12.8. The van der Waals surface area contributed by atoms with Crippen LogP contribution in [0.25, 0.3) is 0 Å². The summed E-state index contributed by atoms with van der Waals surface area (Å²) in [7, 11) is 0. The number of unbranched alkanes of at least 4 members (excludes halogenated alkanes) is 4. The van der Waals surface area contributed by atoms with E-state index in [0.29, 0.717) is 12.4 Å². The summed E-state index contributed by atoms with van der Waals surface area (Å²) in [6.07, 6.45) is 10.1. The summed E-state index contributed by atoms with van der Waals surface area (Å²) >= 11 is 0. The second-order valence-corrected chi connectivity index (χ2v) is 5.90. The second-order valence-electron chi connectivity index (χ2n) is 5.90. The first-order chi connectivity index (χ1) is 8.61. The second kappa shape index (κ2) is 11.6. The fourth-order valence-electron chi connectivity index (χ4n) is 2.25. The van der Waals surface area contributed by atoms with Crippen molar-refractivity contribution in [2.45, 2.75) is 85.2 Å². The van der Waals surface area contributed by atoms with Crippen LogP contribution in [-0.4, -0.2) is 12.6 Å². The molecule has 0 aromatic heterocycles. The third-order valence-corrected chi connectivity index (χ3v) is 3.78. The highest BCUT2D eigenvalue weighted by molar-refractivity contribution is 5.37. The van der Waals surface area contributed by atoms with Gasteiger partial charge in [-0.1, -0.05) is 66.2 Å². The molecule has 0 aromatic rings. The van der Waals surface area contributed by atoms with E-state index in [2.05, 4.69) is 27.7 Å². The van der Waals surface area contributed by atoms with Gasteiger partial charge in [0, 0.05) is 0 Å². The molecule has 2 unspecified atom stereocenters.